The van der Waals surface area contributed by atoms with Crippen molar-refractivity contribution in [2.24, 2.45) is 0 Å². The molecule has 0 rings (SSSR count). The topological polar surface area (TPSA) is 0 Å². The summed E-state index contributed by atoms with van der Waals surface area (Å²) in [4.78, 5) is 0. The fraction of sp³-hybridized carbons (Fsp3) is 0.111. The first-order valence-corrected chi connectivity index (χ1v) is 3.12. The maximum atomic E-state index is 11.9. The molecule has 0 spiro atoms. The average molecular weight is 176 g/mol. The molecule has 12 heavy (non-hydrogen) atoms. The molecule has 0 atom stereocenters. The lowest BCUT2D eigenvalue weighted by Crippen LogP contribution is -1.91. The molecule has 0 N–H and O–H groups in total. The van der Waals surface area contributed by atoms with Crippen LogP contribution in [0.5, 0.6) is 0 Å². The molecule has 0 aromatic rings. The predicted molar refractivity (Wildman–Crippen MR) is 46.1 cm³/mol. The van der Waals surface area contributed by atoms with E-state index < -0.39 is 6.43 Å². The van der Waals surface area contributed by atoms with Crippen LogP contribution in [0.15, 0.2) is 49.1 Å². The van der Waals surface area contributed by atoms with Gasteiger partial charge in [-0.3, -0.25) is 4.70 Å². The molecule has 0 aliphatic carbocycles. The van der Waals surface area contributed by atoms with Gasteiger partial charge in [-0.05, 0) is 0 Å². The van der Waals surface area contributed by atoms with Crippen molar-refractivity contribution < 1.29 is 13.5 Å². The zero-order valence-corrected chi connectivity index (χ0v) is 6.54. The minimum absolute atomic E-state index is 0. The summed E-state index contributed by atoms with van der Waals surface area (Å²) in [6.07, 6.45) is 4.57. The van der Waals surface area contributed by atoms with Crippen molar-refractivity contribution in [2.75, 3.05) is 0 Å². The van der Waals surface area contributed by atoms with Gasteiger partial charge in [0.05, 0.1) is 0 Å². The highest BCUT2D eigenvalue weighted by Crippen LogP contribution is 2.08. The van der Waals surface area contributed by atoms with Crippen molar-refractivity contribution in [1.82, 2.24) is 0 Å². The number of allylic oxidation sites excluding steroid dienone is 6. The molecule has 0 radical (unpaired) electrons. The molecule has 0 unspecified atom stereocenters. The Labute approximate surface area is 70.0 Å². The first-order chi connectivity index (χ1) is 5.22. The first-order valence-electron chi connectivity index (χ1n) is 3.12. The number of hydrogen-bond donors (Lipinski definition) is 0. The van der Waals surface area contributed by atoms with Crippen molar-refractivity contribution in [3.8, 4) is 0 Å². The maximum Gasteiger partial charge on any atom is 0.263 e. The van der Waals surface area contributed by atoms with Gasteiger partial charge in [-0.2, -0.15) is 0 Å². The van der Waals surface area contributed by atoms with Gasteiger partial charge in [-0.25, -0.2) is 8.78 Å². The van der Waals surface area contributed by atoms with Crippen molar-refractivity contribution in [3.05, 3.63) is 49.1 Å². The zero-order chi connectivity index (χ0) is 8.69. The number of hydrogen-bond acceptors (Lipinski definition) is 0. The van der Waals surface area contributed by atoms with Gasteiger partial charge in [0.1, 0.15) is 0 Å². The average Bonchev–Trinajstić information content (AvgIpc) is 1.97. The third kappa shape index (κ3) is 5.53. The number of alkyl halides is 2. The SMILES string of the molecule is C=C/C=C/C=C(\C=C)C(F)F.F. The van der Waals surface area contributed by atoms with Crippen LogP contribution in [0.3, 0.4) is 0 Å². The van der Waals surface area contributed by atoms with E-state index in [-0.39, 0.29) is 10.3 Å². The van der Waals surface area contributed by atoms with Crippen LogP contribution in [0.2, 0.25) is 0 Å². The van der Waals surface area contributed by atoms with Crippen molar-refractivity contribution >= 4 is 0 Å². The Kier molecular flexibility index (Phi) is 8.73. The Morgan fingerprint density at radius 2 is 1.75 bits per heavy atom. The number of halogens is 3. The molecule has 0 amide bonds. The highest BCUT2D eigenvalue weighted by Gasteiger charge is 2.03. The molecule has 0 bridgehead atoms. The van der Waals surface area contributed by atoms with Gasteiger partial charge in [0.2, 0.25) is 0 Å². The van der Waals surface area contributed by atoms with Crippen molar-refractivity contribution in [1.29, 1.82) is 0 Å². The van der Waals surface area contributed by atoms with E-state index in [2.05, 4.69) is 13.2 Å². The van der Waals surface area contributed by atoms with Crippen LogP contribution in [-0.2, 0) is 0 Å². The quantitative estimate of drug-likeness (QED) is 0.577. The molecule has 0 heterocycles. The van der Waals surface area contributed by atoms with Crippen LogP contribution < -0.4 is 0 Å². The largest absolute Gasteiger partial charge is 0.269 e. The second-order valence-electron chi connectivity index (χ2n) is 1.79. The van der Waals surface area contributed by atoms with E-state index in [9.17, 15) is 8.78 Å². The molecule has 0 aromatic carbocycles. The fourth-order valence-corrected chi connectivity index (χ4v) is 0.475. The number of rotatable bonds is 4. The molecule has 0 fully saturated rings. The summed E-state index contributed by atoms with van der Waals surface area (Å²) in [6, 6.07) is 0. The van der Waals surface area contributed by atoms with E-state index in [4.69, 9.17) is 0 Å². The Morgan fingerprint density at radius 3 is 2.08 bits per heavy atom. The fourth-order valence-electron chi connectivity index (χ4n) is 0.475. The predicted octanol–water partition coefficient (Wildman–Crippen LogP) is 3.26. The minimum Gasteiger partial charge on any atom is -0.269 e. The molecule has 3 heteroatoms. The molecule has 0 saturated heterocycles. The van der Waals surface area contributed by atoms with Crippen LogP contribution >= 0.6 is 0 Å². The van der Waals surface area contributed by atoms with Crippen LogP contribution in [0.25, 0.3) is 0 Å². The summed E-state index contributed by atoms with van der Waals surface area (Å²) in [5, 5.41) is 0. The lowest BCUT2D eigenvalue weighted by atomic mass is 10.2. The second-order valence-corrected chi connectivity index (χ2v) is 1.79. The molecule has 68 valence electrons. The van der Waals surface area contributed by atoms with E-state index in [1.54, 1.807) is 6.08 Å². The minimum atomic E-state index is -2.46. The molecule has 0 aliphatic rings. The third-order valence-corrected chi connectivity index (χ3v) is 1.02. The summed E-state index contributed by atoms with van der Waals surface area (Å²) in [5.41, 5.74) is -0.0805. The summed E-state index contributed by atoms with van der Waals surface area (Å²) < 4.78 is 23.9. The Balaban J connectivity index is 0. The Hall–Kier alpha value is -1.25. The van der Waals surface area contributed by atoms with Gasteiger partial charge in [-0.1, -0.05) is 43.5 Å². The molecular formula is C9H11F3. The second kappa shape index (κ2) is 7.85. The molecule has 0 aromatic heterocycles. The lowest BCUT2D eigenvalue weighted by molar-refractivity contribution is 0.194. The van der Waals surface area contributed by atoms with E-state index in [0.29, 0.717) is 0 Å². The monoisotopic (exact) mass is 176 g/mol. The normalized spacial score (nSPS) is 11.4. The summed E-state index contributed by atoms with van der Waals surface area (Å²) in [7, 11) is 0. The van der Waals surface area contributed by atoms with Gasteiger partial charge in [0.25, 0.3) is 6.43 Å². The summed E-state index contributed by atoms with van der Waals surface area (Å²) in [6.45, 7) is 6.65. The van der Waals surface area contributed by atoms with Gasteiger partial charge in [0.15, 0.2) is 0 Å². The van der Waals surface area contributed by atoms with Crippen LogP contribution in [-0.4, -0.2) is 6.43 Å². The van der Waals surface area contributed by atoms with Crippen LogP contribution in [0.4, 0.5) is 13.5 Å². The van der Waals surface area contributed by atoms with Gasteiger partial charge < -0.3 is 0 Å². The van der Waals surface area contributed by atoms with E-state index in [1.165, 1.54) is 18.2 Å². The molecule has 0 nitrogen and oxygen atoms in total. The van der Waals surface area contributed by atoms with Gasteiger partial charge >= 0.3 is 0 Å². The standard InChI is InChI=1S/C9H10F2.FH/c1-3-5-6-7-8(4-2)9(10)11;/h3-7,9H,1-2H2;1H/b6-5+,8-7+;. The first kappa shape index (κ1) is 13.3. The van der Waals surface area contributed by atoms with Crippen molar-refractivity contribution in [2.45, 2.75) is 6.43 Å². The third-order valence-electron chi connectivity index (χ3n) is 1.02. The Morgan fingerprint density at radius 1 is 1.17 bits per heavy atom. The van der Waals surface area contributed by atoms with E-state index >= 15 is 0 Å². The van der Waals surface area contributed by atoms with Crippen molar-refractivity contribution in [3.63, 3.8) is 0 Å². The highest BCUT2D eigenvalue weighted by molar-refractivity contribution is 5.25. The summed E-state index contributed by atoms with van der Waals surface area (Å²) in [5.74, 6) is 0. The Bertz CT molecular complexity index is 190. The van der Waals surface area contributed by atoms with Crippen LogP contribution in [0.1, 0.15) is 0 Å². The van der Waals surface area contributed by atoms with Gasteiger partial charge in [-0.15, -0.1) is 0 Å². The van der Waals surface area contributed by atoms with E-state index in [1.807, 2.05) is 0 Å². The molecule has 0 saturated carbocycles. The van der Waals surface area contributed by atoms with Crippen LogP contribution in [0, 0.1) is 0 Å². The smallest absolute Gasteiger partial charge is 0.263 e. The highest BCUT2D eigenvalue weighted by atomic mass is 19.3. The van der Waals surface area contributed by atoms with E-state index in [0.717, 1.165) is 6.08 Å². The zero-order valence-electron chi connectivity index (χ0n) is 6.54. The molecule has 0 aliphatic heterocycles. The summed E-state index contributed by atoms with van der Waals surface area (Å²) >= 11 is 0. The maximum absolute atomic E-state index is 11.9. The van der Waals surface area contributed by atoms with Gasteiger partial charge in [0, 0.05) is 5.57 Å². The lowest BCUT2D eigenvalue weighted by Gasteiger charge is -1.95. The molecular weight excluding hydrogens is 165 g/mol.